The molecule has 1 aromatic rings. The molecule has 0 aliphatic rings. The first kappa shape index (κ1) is 16.6. The predicted molar refractivity (Wildman–Crippen MR) is 77.5 cm³/mol. The SMILES string of the molecule is CCCNC(C)(Cn1nc(CC)nc1CC)C(=O)OC. The molecule has 1 rings (SSSR count). The van der Waals surface area contributed by atoms with Crippen LogP contribution in [0.5, 0.6) is 0 Å². The zero-order valence-electron chi connectivity index (χ0n) is 13.2. The van der Waals surface area contributed by atoms with Gasteiger partial charge in [-0.1, -0.05) is 20.8 Å². The smallest absolute Gasteiger partial charge is 0.327 e. The molecule has 0 aliphatic carbocycles. The Kier molecular flexibility index (Phi) is 6.13. The summed E-state index contributed by atoms with van der Waals surface area (Å²) in [5.41, 5.74) is -0.784. The molecule has 6 nitrogen and oxygen atoms in total. The molecule has 1 N–H and O–H groups in total. The molecule has 1 unspecified atom stereocenters. The Morgan fingerprint density at radius 2 is 2.05 bits per heavy atom. The molecule has 1 heterocycles. The minimum Gasteiger partial charge on any atom is -0.468 e. The van der Waals surface area contributed by atoms with Crippen LogP contribution in [0.3, 0.4) is 0 Å². The van der Waals surface area contributed by atoms with Crippen LogP contribution in [-0.4, -0.2) is 39.9 Å². The lowest BCUT2D eigenvalue weighted by Gasteiger charge is -2.28. The van der Waals surface area contributed by atoms with E-state index in [1.54, 1.807) is 0 Å². The van der Waals surface area contributed by atoms with E-state index in [0.29, 0.717) is 6.54 Å². The van der Waals surface area contributed by atoms with Gasteiger partial charge in [0.15, 0.2) is 5.82 Å². The Morgan fingerprint density at radius 1 is 1.35 bits per heavy atom. The number of hydrogen-bond donors (Lipinski definition) is 1. The number of carbonyl (C=O) groups is 1. The minimum absolute atomic E-state index is 0.276. The first-order valence-electron chi connectivity index (χ1n) is 7.26. The van der Waals surface area contributed by atoms with Gasteiger partial charge in [-0.3, -0.25) is 0 Å². The van der Waals surface area contributed by atoms with Gasteiger partial charge in [-0.2, -0.15) is 5.10 Å². The Bertz CT molecular complexity index is 444. The van der Waals surface area contributed by atoms with Gasteiger partial charge in [-0.25, -0.2) is 14.5 Å². The summed E-state index contributed by atoms with van der Waals surface area (Å²) in [6.07, 6.45) is 2.53. The summed E-state index contributed by atoms with van der Waals surface area (Å²) in [6, 6.07) is 0. The highest BCUT2D eigenvalue weighted by atomic mass is 16.5. The molecule has 0 radical (unpaired) electrons. The van der Waals surface area contributed by atoms with E-state index in [1.165, 1.54) is 7.11 Å². The standard InChI is InChI=1S/C14H26N4O2/c1-6-9-15-14(4,13(19)20-5)10-18-12(8-3)16-11(7-2)17-18/h15H,6-10H2,1-5H3. The van der Waals surface area contributed by atoms with Crippen molar-refractivity contribution in [1.82, 2.24) is 20.1 Å². The lowest BCUT2D eigenvalue weighted by Crippen LogP contribution is -2.53. The molecule has 114 valence electrons. The highest BCUT2D eigenvalue weighted by molar-refractivity contribution is 5.80. The van der Waals surface area contributed by atoms with Crippen LogP contribution in [0.1, 0.15) is 45.8 Å². The van der Waals surface area contributed by atoms with Gasteiger partial charge in [-0.05, 0) is 19.9 Å². The largest absolute Gasteiger partial charge is 0.468 e. The number of hydrogen-bond acceptors (Lipinski definition) is 5. The van der Waals surface area contributed by atoms with Gasteiger partial charge in [0.25, 0.3) is 0 Å². The lowest BCUT2D eigenvalue weighted by atomic mass is 10.0. The predicted octanol–water partition coefficient (Wildman–Crippen LogP) is 1.33. The molecule has 20 heavy (non-hydrogen) atoms. The molecule has 0 aliphatic heterocycles. The number of ether oxygens (including phenoxy) is 1. The zero-order chi connectivity index (χ0) is 15.2. The normalized spacial score (nSPS) is 14.1. The summed E-state index contributed by atoms with van der Waals surface area (Å²) in [5, 5.41) is 7.73. The number of methoxy groups -OCH3 is 1. The number of nitrogens with zero attached hydrogens (tertiary/aromatic N) is 3. The number of aromatic nitrogens is 3. The fraction of sp³-hybridized carbons (Fsp3) is 0.786. The van der Waals surface area contributed by atoms with Gasteiger partial charge >= 0.3 is 5.97 Å². The second-order valence-corrected chi connectivity index (χ2v) is 5.06. The molecule has 0 saturated heterocycles. The second kappa shape index (κ2) is 7.38. The topological polar surface area (TPSA) is 69.0 Å². The van der Waals surface area contributed by atoms with Crippen molar-refractivity contribution in [2.75, 3.05) is 13.7 Å². The van der Waals surface area contributed by atoms with Gasteiger partial charge < -0.3 is 10.1 Å². The van der Waals surface area contributed by atoms with Crippen LogP contribution < -0.4 is 5.32 Å². The Labute approximate surface area is 120 Å². The average Bonchev–Trinajstić information content (AvgIpc) is 2.86. The molecular weight excluding hydrogens is 256 g/mol. The fourth-order valence-electron chi connectivity index (χ4n) is 2.08. The fourth-order valence-corrected chi connectivity index (χ4v) is 2.08. The van der Waals surface area contributed by atoms with Crippen molar-refractivity contribution in [3.63, 3.8) is 0 Å². The molecule has 0 spiro atoms. The van der Waals surface area contributed by atoms with E-state index in [2.05, 4.69) is 22.3 Å². The third-order valence-corrected chi connectivity index (χ3v) is 3.29. The first-order chi connectivity index (χ1) is 9.50. The molecule has 1 aromatic heterocycles. The number of aryl methyl sites for hydroxylation is 2. The molecule has 0 bridgehead atoms. The maximum absolute atomic E-state index is 12.1. The average molecular weight is 282 g/mol. The van der Waals surface area contributed by atoms with Crippen LogP contribution in [0, 0.1) is 0 Å². The Balaban J connectivity index is 2.99. The summed E-state index contributed by atoms with van der Waals surface area (Å²) >= 11 is 0. The maximum atomic E-state index is 12.1. The molecule has 0 aromatic carbocycles. The maximum Gasteiger partial charge on any atom is 0.327 e. The van der Waals surface area contributed by atoms with E-state index in [1.807, 2.05) is 25.5 Å². The van der Waals surface area contributed by atoms with Crippen molar-refractivity contribution in [2.45, 2.75) is 59.0 Å². The van der Waals surface area contributed by atoms with Crippen molar-refractivity contribution in [1.29, 1.82) is 0 Å². The van der Waals surface area contributed by atoms with Crippen LogP contribution in [0.2, 0.25) is 0 Å². The molecule has 6 heteroatoms. The lowest BCUT2D eigenvalue weighted by molar-refractivity contribution is -0.148. The van der Waals surface area contributed by atoms with Gasteiger partial charge in [-0.15, -0.1) is 0 Å². The van der Waals surface area contributed by atoms with Crippen LogP contribution >= 0.6 is 0 Å². The summed E-state index contributed by atoms with van der Waals surface area (Å²) in [6.45, 7) is 9.15. The Morgan fingerprint density at radius 3 is 2.55 bits per heavy atom. The van der Waals surface area contributed by atoms with Gasteiger partial charge in [0.1, 0.15) is 11.4 Å². The van der Waals surface area contributed by atoms with Crippen LogP contribution in [0.4, 0.5) is 0 Å². The Hall–Kier alpha value is -1.43. The van der Waals surface area contributed by atoms with Gasteiger partial charge in [0, 0.05) is 12.8 Å². The minimum atomic E-state index is -0.784. The van der Waals surface area contributed by atoms with Gasteiger partial charge in [0.05, 0.1) is 13.7 Å². The van der Waals surface area contributed by atoms with Crippen LogP contribution in [0.15, 0.2) is 0 Å². The highest BCUT2D eigenvalue weighted by Crippen LogP contribution is 2.12. The van der Waals surface area contributed by atoms with Gasteiger partial charge in [0.2, 0.25) is 0 Å². The van der Waals surface area contributed by atoms with Crippen molar-refractivity contribution in [3.05, 3.63) is 11.6 Å². The van der Waals surface area contributed by atoms with E-state index < -0.39 is 5.54 Å². The quantitative estimate of drug-likeness (QED) is 0.729. The summed E-state index contributed by atoms with van der Waals surface area (Å²) in [7, 11) is 1.41. The molecule has 0 fully saturated rings. The number of carbonyl (C=O) groups excluding carboxylic acids is 1. The monoisotopic (exact) mass is 282 g/mol. The van der Waals surface area contributed by atoms with E-state index >= 15 is 0 Å². The molecule has 0 amide bonds. The van der Waals surface area contributed by atoms with Crippen LogP contribution in [-0.2, 0) is 28.9 Å². The second-order valence-electron chi connectivity index (χ2n) is 5.06. The summed E-state index contributed by atoms with van der Waals surface area (Å²) in [4.78, 5) is 16.5. The number of esters is 1. The van der Waals surface area contributed by atoms with E-state index in [9.17, 15) is 4.79 Å². The van der Waals surface area contributed by atoms with Crippen molar-refractivity contribution in [2.24, 2.45) is 0 Å². The number of rotatable bonds is 8. The van der Waals surface area contributed by atoms with Crippen molar-refractivity contribution < 1.29 is 9.53 Å². The number of nitrogens with one attached hydrogen (secondary N) is 1. The highest BCUT2D eigenvalue weighted by Gasteiger charge is 2.35. The zero-order valence-corrected chi connectivity index (χ0v) is 13.2. The third kappa shape index (κ3) is 3.79. The van der Waals surface area contributed by atoms with Crippen LogP contribution in [0.25, 0.3) is 0 Å². The first-order valence-corrected chi connectivity index (χ1v) is 7.26. The van der Waals surface area contributed by atoms with E-state index in [4.69, 9.17) is 4.74 Å². The molecule has 1 atom stereocenters. The van der Waals surface area contributed by atoms with Crippen molar-refractivity contribution in [3.8, 4) is 0 Å². The van der Waals surface area contributed by atoms with Crippen molar-refractivity contribution >= 4 is 5.97 Å². The molecule has 0 saturated carbocycles. The van der Waals surface area contributed by atoms with E-state index in [0.717, 1.165) is 37.5 Å². The van der Waals surface area contributed by atoms with E-state index in [-0.39, 0.29) is 5.97 Å². The molecular formula is C14H26N4O2. The summed E-state index contributed by atoms with van der Waals surface area (Å²) in [5.74, 6) is 1.43. The third-order valence-electron chi connectivity index (χ3n) is 3.29. The summed E-state index contributed by atoms with van der Waals surface area (Å²) < 4.78 is 6.75.